The van der Waals surface area contributed by atoms with Crippen LogP contribution in [0.5, 0.6) is 0 Å². The highest BCUT2D eigenvalue weighted by molar-refractivity contribution is 7.50. The summed E-state index contributed by atoms with van der Waals surface area (Å²) in [6.45, 7) is 0. The second-order valence-electron chi connectivity index (χ2n) is 2.56. The Labute approximate surface area is 79.3 Å². The topological polar surface area (TPSA) is 150 Å². The Bertz CT molecular complexity index is 273. The van der Waals surface area contributed by atoms with Gasteiger partial charge in [0.05, 0.1) is 0 Å². The maximum absolute atomic E-state index is 10.7. The number of nitrogens with one attached hydrogen (secondary N) is 1. The molecule has 0 saturated carbocycles. The van der Waals surface area contributed by atoms with Crippen LogP contribution in [0.15, 0.2) is 0 Å². The van der Waals surface area contributed by atoms with Crippen molar-refractivity contribution in [3.05, 3.63) is 0 Å². The Morgan fingerprint density at radius 1 is 1.43 bits per heavy atom. The first-order valence-electron chi connectivity index (χ1n) is 3.57. The van der Waals surface area contributed by atoms with E-state index in [1.165, 1.54) is 5.09 Å². The molecule has 0 aromatic carbocycles. The predicted molar refractivity (Wildman–Crippen MR) is 45.0 cm³/mol. The van der Waals surface area contributed by atoms with Gasteiger partial charge in [0.15, 0.2) is 0 Å². The molecule has 8 nitrogen and oxygen atoms in total. The second kappa shape index (κ2) is 5.06. The molecule has 1 atom stereocenters. The lowest BCUT2D eigenvalue weighted by Crippen LogP contribution is -2.32. The first kappa shape index (κ1) is 13.1. The zero-order valence-corrected chi connectivity index (χ0v) is 7.98. The lowest BCUT2D eigenvalue weighted by atomic mass is 10.2. The van der Waals surface area contributed by atoms with Crippen LogP contribution in [0.3, 0.4) is 0 Å². The Morgan fingerprint density at radius 3 is 2.29 bits per heavy atom. The van der Waals surface area contributed by atoms with E-state index >= 15 is 0 Å². The standard InChI is InChI=1S/C5H11N2O6P/c6-3(5(9)10)1-2-4(8)7-14(11,12)13/h3H,1-2,6H2,(H,9,10)(H3,7,8,11,12,13)/t3-/m1/s1. The number of amides is 1. The fraction of sp³-hybridized carbons (Fsp3) is 0.600. The largest absolute Gasteiger partial charge is 0.480 e. The number of carboxylic acid groups (broad SMARTS) is 1. The van der Waals surface area contributed by atoms with Crippen LogP contribution in [-0.4, -0.2) is 32.8 Å². The van der Waals surface area contributed by atoms with Crippen LogP contribution in [0.4, 0.5) is 0 Å². The molecule has 14 heavy (non-hydrogen) atoms. The van der Waals surface area contributed by atoms with Crippen LogP contribution in [0, 0.1) is 0 Å². The molecule has 6 N–H and O–H groups in total. The molecule has 0 fully saturated rings. The number of nitrogens with two attached hydrogens (primary N) is 1. The molecule has 9 heteroatoms. The molecule has 0 unspecified atom stereocenters. The third kappa shape index (κ3) is 6.55. The maximum atomic E-state index is 10.7. The van der Waals surface area contributed by atoms with E-state index in [0.717, 1.165) is 0 Å². The first-order chi connectivity index (χ1) is 6.22. The molecule has 0 bridgehead atoms. The molecule has 0 rings (SSSR count). The minimum Gasteiger partial charge on any atom is -0.480 e. The van der Waals surface area contributed by atoms with Gasteiger partial charge in [-0.1, -0.05) is 0 Å². The smallest absolute Gasteiger partial charge is 0.429 e. The number of carboxylic acids is 1. The molecule has 0 aliphatic rings. The van der Waals surface area contributed by atoms with E-state index < -0.39 is 25.7 Å². The molecule has 0 aliphatic heterocycles. The maximum Gasteiger partial charge on any atom is 0.429 e. The van der Waals surface area contributed by atoms with E-state index in [1.807, 2.05) is 0 Å². The van der Waals surface area contributed by atoms with Crippen LogP contribution in [0.2, 0.25) is 0 Å². The molecule has 82 valence electrons. The average molecular weight is 226 g/mol. The Hall–Kier alpha value is -0.950. The summed E-state index contributed by atoms with van der Waals surface area (Å²) >= 11 is 0. The quantitative estimate of drug-likeness (QED) is 0.353. The van der Waals surface area contributed by atoms with Crippen molar-refractivity contribution in [3.63, 3.8) is 0 Å². The van der Waals surface area contributed by atoms with Gasteiger partial charge in [0.25, 0.3) is 0 Å². The SMILES string of the molecule is N[C@H](CCC(=O)NP(=O)(O)O)C(=O)O. The van der Waals surface area contributed by atoms with Crippen molar-refractivity contribution < 1.29 is 29.0 Å². The molecule has 0 aromatic rings. The molecule has 0 aliphatic carbocycles. The van der Waals surface area contributed by atoms with E-state index in [4.69, 9.17) is 20.6 Å². The van der Waals surface area contributed by atoms with Gasteiger partial charge in [-0.3, -0.25) is 14.7 Å². The molecular formula is C5H11N2O6P. The summed E-state index contributed by atoms with van der Waals surface area (Å²) in [5, 5.41) is 9.71. The molecule has 1 amide bonds. The number of rotatable bonds is 5. The van der Waals surface area contributed by atoms with E-state index in [9.17, 15) is 14.2 Å². The highest BCUT2D eigenvalue weighted by Gasteiger charge is 2.19. The van der Waals surface area contributed by atoms with Gasteiger partial charge in [-0.05, 0) is 6.42 Å². The number of carbonyl (C=O) groups is 2. The van der Waals surface area contributed by atoms with Crippen LogP contribution in [-0.2, 0) is 14.2 Å². The van der Waals surface area contributed by atoms with Crippen molar-refractivity contribution in [2.24, 2.45) is 5.73 Å². The summed E-state index contributed by atoms with van der Waals surface area (Å²) in [6.07, 6.45) is -0.528. The third-order valence-corrected chi connectivity index (χ3v) is 1.81. The lowest BCUT2D eigenvalue weighted by Gasteiger charge is -2.07. The van der Waals surface area contributed by atoms with Gasteiger partial charge in [0.1, 0.15) is 6.04 Å². The van der Waals surface area contributed by atoms with Gasteiger partial charge in [-0.2, -0.15) is 0 Å². The van der Waals surface area contributed by atoms with Gasteiger partial charge < -0.3 is 20.6 Å². The van der Waals surface area contributed by atoms with E-state index in [2.05, 4.69) is 0 Å². The highest BCUT2D eigenvalue weighted by atomic mass is 31.2. The van der Waals surface area contributed by atoms with Gasteiger partial charge in [0, 0.05) is 6.42 Å². The lowest BCUT2D eigenvalue weighted by molar-refractivity contribution is -0.138. The Kier molecular flexibility index (Phi) is 4.72. The van der Waals surface area contributed by atoms with Crippen molar-refractivity contribution in [3.8, 4) is 0 Å². The molecule has 0 radical (unpaired) electrons. The Balaban J connectivity index is 3.87. The van der Waals surface area contributed by atoms with Gasteiger partial charge >= 0.3 is 13.7 Å². The van der Waals surface area contributed by atoms with Crippen LogP contribution >= 0.6 is 7.75 Å². The van der Waals surface area contributed by atoms with Crippen molar-refractivity contribution in [1.82, 2.24) is 5.09 Å². The minimum atomic E-state index is -4.59. The van der Waals surface area contributed by atoms with Crippen LogP contribution < -0.4 is 10.8 Å². The fourth-order valence-corrected chi connectivity index (χ4v) is 1.07. The first-order valence-corrected chi connectivity index (χ1v) is 5.18. The molecule has 0 heterocycles. The van der Waals surface area contributed by atoms with Crippen molar-refractivity contribution >= 4 is 19.6 Å². The molecule has 0 aromatic heterocycles. The van der Waals surface area contributed by atoms with Gasteiger partial charge in [-0.15, -0.1) is 0 Å². The van der Waals surface area contributed by atoms with Crippen molar-refractivity contribution in [2.45, 2.75) is 18.9 Å². The van der Waals surface area contributed by atoms with Crippen LogP contribution in [0.25, 0.3) is 0 Å². The summed E-state index contributed by atoms with van der Waals surface area (Å²) < 4.78 is 10.2. The van der Waals surface area contributed by atoms with E-state index in [-0.39, 0.29) is 12.8 Å². The second-order valence-corrected chi connectivity index (χ2v) is 3.87. The summed E-state index contributed by atoms with van der Waals surface area (Å²) in [4.78, 5) is 37.5. The monoisotopic (exact) mass is 226 g/mol. The average Bonchev–Trinajstić information content (AvgIpc) is 1.96. The minimum absolute atomic E-state index is 0.179. The number of hydrogen-bond donors (Lipinski definition) is 5. The zero-order valence-electron chi connectivity index (χ0n) is 7.08. The zero-order chi connectivity index (χ0) is 11.4. The summed E-state index contributed by atoms with van der Waals surface area (Å²) in [6, 6.07) is -1.21. The van der Waals surface area contributed by atoms with E-state index in [0.29, 0.717) is 0 Å². The van der Waals surface area contributed by atoms with Gasteiger partial charge in [-0.25, -0.2) is 4.57 Å². The molecule has 0 spiro atoms. The fourth-order valence-electron chi connectivity index (χ4n) is 0.628. The molecule has 0 saturated heterocycles. The van der Waals surface area contributed by atoms with Gasteiger partial charge in [0.2, 0.25) is 5.91 Å². The number of hydrogen-bond acceptors (Lipinski definition) is 4. The molecular weight excluding hydrogens is 215 g/mol. The van der Waals surface area contributed by atoms with Crippen molar-refractivity contribution in [1.29, 1.82) is 0 Å². The third-order valence-electron chi connectivity index (χ3n) is 1.27. The normalized spacial score (nSPS) is 13.4. The van der Waals surface area contributed by atoms with Crippen LogP contribution in [0.1, 0.15) is 12.8 Å². The predicted octanol–water partition coefficient (Wildman–Crippen LogP) is -1.61. The number of aliphatic carboxylic acids is 1. The summed E-state index contributed by atoms with van der Waals surface area (Å²) in [5.41, 5.74) is 5.05. The van der Waals surface area contributed by atoms with Crippen molar-refractivity contribution in [2.75, 3.05) is 0 Å². The summed E-state index contributed by atoms with van der Waals surface area (Å²) in [5.74, 6) is -2.20. The van der Waals surface area contributed by atoms with E-state index in [1.54, 1.807) is 0 Å². The number of carbonyl (C=O) groups excluding carboxylic acids is 1. The Morgan fingerprint density at radius 2 is 1.93 bits per heavy atom. The summed E-state index contributed by atoms with van der Waals surface area (Å²) in [7, 11) is -4.59. The highest BCUT2D eigenvalue weighted by Crippen LogP contribution is 2.27.